The molecule has 0 atom stereocenters. The molecule has 23 rings (SSSR count). The molecule has 2 aliphatic heterocycles. The van der Waals surface area contributed by atoms with Crippen LogP contribution in [0.25, 0.3) is 154 Å². The molecule has 4 aromatic heterocycles. The first-order valence-electron chi connectivity index (χ1n) is 60.2. The lowest BCUT2D eigenvalue weighted by Gasteiger charge is -2.47. The van der Waals surface area contributed by atoms with Crippen molar-refractivity contribution in [2.24, 2.45) is 0 Å². The zero-order chi connectivity index (χ0) is 118. The summed E-state index contributed by atoms with van der Waals surface area (Å²) in [4.78, 5) is 3.67. The minimum atomic E-state index is -1.85. The Bertz CT molecular complexity index is 9530. The van der Waals surface area contributed by atoms with E-state index < -0.39 is 349 Å². The van der Waals surface area contributed by atoms with E-state index in [4.69, 9.17) is 5.48 Å². The molecule has 6 nitrogen and oxygen atoms in total. The molecule has 0 fully saturated rings. The van der Waals surface area contributed by atoms with Crippen LogP contribution in [-0.4, -0.2) is 25.0 Å². The highest BCUT2D eigenvalue weighted by Crippen LogP contribution is 2.57. The smallest absolute Gasteiger partial charge is 0.252 e. The number of nitrogens with zero attached hydrogens (tertiary/aromatic N) is 6. The van der Waals surface area contributed by atoms with E-state index in [1.807, 2.05) is 188 Å². The molecule has 129 heavy (non-hydrogen) atoms. The maximum Gasteiger partial charge on any atom is 0.252 e. The second-order valence-electron chi connectivity index (χ2n) is 38.6. The Labute approximate surface area is 805 Å². The zero-order valence-electron chi connectivity index (χ0n) is 108. The first-order chi connectivity index (χ1) is 76.4. The van der Waals surface area contributed by atoms with Crippen LogP contribution in [0.1, 0.15) is 178 Å². The predicted molar refractivity (Wildman–Crippen MR) is 553 cm³/mol. The number of hydrogen-bond acceptors (Lipinski definition) is 2. The van der Waals surface area contributed by atoms with Crippen molar-refractivity contribution in [3.63, 3.8) is 0 Å². The summed E-state index contributed by atoms with van der Waals surface area (Å²) in [6.45, 7) is 26.5. The SMILES string of the molecule is [2H]c1c([2H])c(-n2c3c([2H])c([2H])c(-n4c5c([2H])c([2H])c([2H])c([2H])c5c5c([2H])c([2H])c([2H])c([2H])c54)c([2H])c3c3c([2H])c(C(C)(C)C)c([2H])c([2H])c32)c([2H])c2c1B1c3c(cc(C(C)(C)C)cc3N(c3c(-c4ccccc4)cc(C(C)(C)C)cc3-c3ccccc3)c3c([2H])c(-n4c5c([2H])c([2H])c(-n6c7c([2H])c([2H])c([2H])c([2H])c7c7c([2H])c([2H])c([2H])c([2H])c76)c([2H])c5c5c([2H])c(C(C)(C)C)c([2H])c([2H])c54)c([2H])c([2H])c31)N2c1c(-c2ccccc2)cc(C(C)(C)C)cc1-c1ccccc1. The monoisotopic (exact) mass is 1700 g/mol. The van der Waals surface area contributed by atoms with Gasteiger partial charge in [-0.05, 0) is 239 Å². The lowest BCUT2D eigenvalue weighted by Crippen LogP contribution is -2.61. The Kier molecular flexibility index (Phi) is 11.5. The van der Waals surface area contributed by atoms with Gasteiger partial charge >= 0.3 is 0 Å². The van der Waals surface area contributed by atoms with Crippen LogP contribution in [-0.2, 0) is 27.1 Å². The average Bonchev–Trinajstić information content (AvgIpc) is 0.916. The van der Waals surface area contributed by atoms with Gasteiger partial charge in [-0.2, -0.15) is 0 Å². The lowest BCUT2D eigenvalue weighted by molar-refractivity contribution is 0.590. The van der Waals surface area contributed by atoms with E-state index in [0.717, 1.165) is 29.4 Å². The number of rotatable bonds is 10. The summed E-state index contributed by atoms with van der Waals surface area (Å²) in [6.07, 6.45) is 0. The molecule has 0 amide bonds. The number of benzene rings is 17. The zero-order valence-corrected chi connectivity index (χ0v) is 73.8. The van der Waals surface area contributed by atoms with Crippen molar-refractivity contribution in [1.82, 2.24) is 18.3 Å². The Morgan fingerprint density at radius 3 is 0.767 bits per heavy atom. The van der Waals surface area contributed by atoms with Crippen LogP contribution in [0.5, 0.6) is 0 Å². The lowest BCUT2D eigenvalue weighted by atomic mass is 9.33. The van der Waals surface area contributed by atoms with Crippen molar-refractivity contribution in [3.05, 3.63) is 391 Å². The van der Waals surface area contributed by atoms with Crippen LogP contribution in [0.2, 0.25) is 0 Å². The number of aromatic nitrogens is 4. The van der Waals surface area contributed by atoms with Crippen molar-refractivity contribution in [1.29, 1.82) is 0 Å². The van der Waals surface area contributed by atoms with Crippen LogP contribution in [0.3, 0.4) is 0 Å². The summed E-state index contributed by atoms with van der Waals surface area (Å²) in [6, 6.07) is 22.3. The van der Waals surface area contributed by atoms with E-state index in [2.05, 4.69) is 41.5 Å². The first kappa shape index (κ1) is 50.8. The molecular weight excluding hydrogens is 1560 g/mol. The van der Waals surface area contributed by atoms with E-state index in [1.54, 1.807) is 41.5 Å². The van der Waals surface area contributed by atoms with Crippen molar-refractivity contribution < 1.29 is 46.6 Å². The van der Waals surface area contributed by atoms with Crippen molar-refractivity contribution >= 4 is 144 Å². The van der Waals surface area contributed by atoms with Crippen LogP contribution in [0.15, 0.2) is 363 Å². The normalized spacial score (nSPS) is 16.9. The Balaban J connectivity index is 0.962. The van der Waals surface area contributed by atoms with Gasteiger partial charge < -0.3 is 28.1 Å². The molecule has 0 bridgehead atoms. The summed E-state index contributed by atoms with van der Waals surface area (Å²) < 4.78 is 355. The third-order valence-electron chi connectivity index (χ3n) is 25.1. The third kappa shape index (κ3) is 12.7. The fraction of sp³-hybridized carbons (Fsp3) is 0.164. The topological polar surface area (TPSA) is 26.2 Å². The predicted octanol–water partition coefficient (Wildman–Crippen LogP) is 31.3. The van der Waals surface area contributed by atoms with Gasteiger partial charge in [-0.1, -0.05) is 322 Å². The Morgan fingerprint density at radius 1 is 0.225 bits per heavy atom. The van der Waals surface area contributed by atoms with Gasteiger partial charge in [0.1, 0.15) is 0 Å². The van der Waals surface area contributed by atoms with E-state index in [1.165, 1.54) is 0 Å². The fourth-order valence-corrected chi connectivity index (χ4v) is 18.5. The number of para-hydroxylation sites is 4. The van der Waals surface area contributed by atoms with Crippen molar-refractivity contribution in [3.8, 4) is 67.3 Å². The maximum absolute atomic E-state index is 12.4. The van der Waals surface area contributed by atoms with Gasteiger partial charge in [-0.25, -0.2) is 0 Å². The van der Waals surface area contributed by atoms with E-state index >= 15 is 0 Å². The molecule has 7 heteroatoms. The van der Waals surface area contributed by atoms with Gasteiger partial charge in [0.25, 0.3) is 6.71 Å². The second kappa shape index (κ2) is 29.1. The molecule has 0 radical (unpaired) electrons. The molecule has 17 aromatic carbocycles. The van der Waals surface area contributed by atoms with Gasteiger partial charge in [-0.15, -0.1) is 0 Å². The van der Waals surface area contributed by atoms with Crippen LogP contribution >= 0.6 is 0 Å². The minimum absolute atomic E-state index is 0.101. The van der Waals surface area contributed by atoms with Gasteiger partial charge in [0, 0.05) is 111 Å². The molecule has 626 valence electrons. The summed E-state index contributed by atoms with van der Waals surface area (Å²) >= 11 is 0. The quantitative estimate of drug-likeness (QED) is 0.128. The summed E-state index contributed by atoms with van der Waals surface area (Å²) in [7, 11) is 0. The van der Waals surface area contributed by atoms with Crippen LogP contribution in [0, 0.1) is 0 Å². The fourth-order valence-electron chi connectivity index (χ4n) is 18.5. The standard InChI is InChI=1S/C122H105BN6/c1-118(2,3)80-52-60-107-97(64-80)99-72-85(124-103-48-32-28-44-89(103)90-45-29-33-49-104(90)124)56-62-109(99)126(107)87-54-58-101-111(74-87)128(116-93(76-36-20-16-21-37-76)66-82(120(7,8)9)67-94(116)77-38-22-17-23-39-77)113-70-84(122(13,14)15)71-114-115(113)123(101)102-59-55-88(75-112(102)129(114)117-95(78-40-24-18-25-41-78)68-83(121(10,11)12)69-96(117)79-42-26-19-27-43-79)127-108-61-53-81(119(4,5)6)65-98(108)100-73-86(57-63-110(100)127)125-105-50-34-30-46-91(105)92-47-31-35-51-106(92)125/h16-75H,1-15H3/i28D,29D,30D,31D,32D,33D,34D,35D,44D,45D,46D,47D,48D,49D,50D,51D,52D,53D,54D,55D,56D,57D,58D,59D,60D,61D,62D,63D,64D,65D,72D,73D,74D,75D. The van der Waals surface area contributed by atoms with Gasteiger partial charge in [-0.3, -0.25) is 0 Å². The van der Waals surface area contributed by atoms with Gasteiger partial charge in [0.05, 0.1) is 102 Å². The first-order valence-corrected chi connectivity index (χ1v) is 43.2. The highest BCUT2D eigenvalue weighted by molar-refractivity contribution is 7.00. The number of anilines is 6. The van der Waals surface area contributed by atoms with Crippen LogP contribution in [0.4, 0.5) is 34.1 Å². The number of fused-ring (bicyclic) bond motifs is 16. The Hall–Kier alpha value is -14.4. The molecule has 2 aliphatic rings. The molecule has 0 spiro atoms. The third-order valence-corrected chi connectivity index (χ3v) is 25.1. The minimum Gasteiger partial charge on any atom is -0.310 e. The summed E-state index contributed by atoms with van der Waals surface area (Å²) in [5.74, 6) is 0. The molecular formula is C122H105BN6. The van der Waals surface area contributed by atoms with Gasteiger partial charge in [0.15, 0.2) is 0 Å². The molecule has 0 N–H and O–H groups in total. The number of hydrogen-bond donors (Lipinski definition) is 0. The molecule has 0 unspecified atom stereocenters. The average molecular weight is 1700 g/mol. The van der Waals surface area contributed by atoms with Gasteiger partial charge in [0.2, 0.25) is 0 Å². The second-order valence-corrected chi connectivity index (χ2v) is 38.6. The molecule has 0 saturated heterocycles. The maximum atomic E-state index is 12.4. The van der Waals surface area contributed by atoms with Crippen molar-refractivity contribution in [2.75, 3.05) is 9.80 Å². The Morgan fingerprint density at radius 2 is 0.473 bits per heavy atom. The highest BCUT2D eigenvalue weighted by Gasteiger charge is 2.47. The largest absolute Gasteiger partial charge is 0.310 e. The summed E-state index contributed by atoms with van der Waals surface area (Å²) in [5.41, 5.74) is -6.03. The van der Waals surface area contributed by atoms with Crippen molar-refractivity contribution in [2.45, 2.75) is 131 Å². The summed E-state index contributed by atoms with van der Waals surface area (Å²) in [5, 5.41) is -3.63. The highest BCUT2D eigenvalue weighted by atomic mass is 15.2. The van der Waals surface area contributed by atoms with E-state index in [-0.39, 0.29) is 50.3 Å². The molecule has 0 saturated carbocycles. The van der Waals surface area contributed by atoms with Crippen LogP contribution < -0.4 is 26.2 Å². The molecule has 21 aromatic rings. The van der Waals surface area contributed by atoms with E-state index in [0.29, 0.717) is 61.4 Å². The molecule has 0 aliphatic carbocycles. The molecule has 6 heterocycles. The van der Waals surface area contributed by atoms with E-state index in [9.17, 15) is 41.1 Å².